The topological polar surface area (TPSA) is 26.3 Å². The van der Waals surface area contributed by atoms with Crippen LogP contribution in [-0.4, -0.2) is 17.8 Å². The second-order valence-corrected chi connectivity index (χ2v) is 6.74. The Bertz CT molecular complexity index is 463. The van der Waals surface area contributed by atoms with E-state index in [2.05, 4.69) is 38.1 Å². The maximum atomic E-state index is 11.3. The first-order valence-electron chi connectivity index (χ1n) is 7.64. The van der Waals surface area contributed by atoms with E-state index >= 15 is 0 Å². The number of aryl methyl sites for hydroxylation is 1. The van der Waals surface area contributed by atoms with Crippen LogP contribution in [0.4, 0.5) is 0 Å². The van der Waals surface area contributed by atoms with Gasteiger partial charge in [0.1, 0.15) is 0 Å². The SMILES string of the molecule is CCOC(=O)/C=C(\C)CCc1ccc(SC(C)CC)cc1. The number of rotatable bonds is 8. The number of esters is 1. The summed E-state index contributed by atoms with van der Waals surface area (Å²) in [4.78, 5) is 12.7. The summed E-state index contributed by atoms with van der Waals surface area (Å²) in [7, 11) is 0. The molecule has 116 valence electrons. The van der Waals surface area contributed by atoms with Crippen LogP contribution in [0.3, 0.4) is 0 Å². The van der Waals surface area contributed by atoms with E-state index in [0.29, 0.717) is 11.9 Å². The monoisotopic (exact) mass is 306 g/mol. The van der Waals surface area contributed by atoms with Gasteiger partial charge < -0.3 is 4.74 Å². The number of carbonyl (C=O) groups is 1. The van der Waals surface area contributed by atoms with Crippen molar-refractivity contribution in [3.63, 3.8) is 0 Å². The Balaban J connectivity index is 2.47. The van der Waals surface area contributed by atoms with E-state index in [-0.39, 0.29) is 5.97 Å². The summed E-state index contributed by atoms with van der Waals surface area (Å²) >= 11 is 1.92. The zero-order valence-corrected chi connectivity index (χ0v) is 14.3. The van der Waals surface area contributed by atoms with Gasteiger partial charge in [0.2, 0.25) is 0 Å². The van der Waals surface area contributed by atoms with Gasteiger partial charge in [-0.05, 0) is 50.8 Å². The van der Waals surface area contributed by atoms with E-state index in [0.717, 1.165) is 18.4 Å². The van der Waals surface area contributed by atoms with Crippen LogP contribution in [0.5, 0.6) is 0 Å². The third-order valence-electron chi connectivity index (χ3n) is 3.29. The van der Waals surface area contributed by atoms with Crippen LogP contribution in [0.25, 0.3) is 0 Å². The fourth-order valence-corrected chi connectivity index (χ4v) is 2.77. The standard InChI is InChI=1S/C18H26O2S/c1-5-15(4)21-17-11-9-16(10-12-17)8-7-14(3)13-18(19)20-6-2/h9-13,15H,5-8H2,1-4H3/b14-13+. The van der Waals surface area contributed by atoms with Crippen molar-refractivity contribution in [2.45, 2.75) is 57.1 Å². The van der Waals surface area contributed by atoms with E-state index in [1.165, 1.54) is 16.9 Å². The second-order valence-electron chi connectivity index (χ2n) is 5.22. The van der Waals surface area contributed by atoms with Crippen molar-refractivity contribution in [2.24, 2.45) is 0 Å². The molecular weight excluding hydrogens is 280 g/mol. The molecule has 0 heterocycles. The van der Waals surface area contributed by atoms with Gasteiger partial charge in [0.15, 0.2) is 0 Å². The number of hydrogen-bond acceptors (Lipinski definition) is 3. The van der Waals surface area contributed by atoms with E-state index in [1.807, 2.05) is 25.6 Å². The zero-order valence-electron chi connectivity index (χ0n) is 13.5. The quantitative estimate of drug-likeness (QED) is 0.383. The van der Waals surface area contributed by atoms with E-state index in [9.17, 15) is 4.79 Å². The van der Waals surface area contributed by atoms with E-state index in [4.69, 9.17) is 4.74 Å². The minimum absolute atomic E-state index is 0.240. The van der Waals surface area contributed by atoms with Crippen LogP contribution in [0.2, 0.25) is 0 Å². The largest absolute Gasteiger partial charge is 0.463 e. The third kappa shape index (κ3) is 7.37. The lowest BCUT2D eigenvalue weighted by molar-refractivity contribution is -0.137. The molecule has 0 aliphatic rings. The van der Waals surface area contributed by atoms with Crippen molar-refractivity contribution in [1.82, 2.24) is 0 Å². The Labute approximate surface area is 133 Å². The van der Waals surface area contributed by atoms with Crippen molar-refractivity contribution in [1.29, 1.82) is 0 Å². The minimum Gasteiger partial charge on any atom is -0.463 e. The molecule has 1 unspecified atom stereocenters. The Morgan fingerprint density at radius 3 is 2.52 bits per heavy atom. The average Bonchev–Trinajstić information content (AvgIpc) is 2.46. The molecular formula is C18H26O2S. The van der Waals surface area contributed by atoms with Gasteiger partial charge in [0.05, 0.1) is 6.61 Å². The van der Waals surface area contributed by atoms with Crippen molar-refractivity contribution < 1.29 is 9.53 Å². The van der Waals surface area contributed by atoms with Crippen molar-refractivity contribution in [3.8, 4) is 0 Å². The Morgan fingerprint density at radius 2 is 1.95 bits per heavy atom. The molecule has 0 amide bonds. The number of benzene rings is 1. The molecule has 0 N–H and O–H groups in total. The van der Waals surface area contributed by atoms with Gasteiger partial charge in [-0.15, -0.1) is 11.8 Å². The Hall–Kier alpha value is -1.22. The summed E-state index contributed by atoms with van der Waals surface area (Å²) in [6.45, 7) is 8.69. The van der Waals surface area contributed by atoms with Crippen LogP contribution in [0.15, 0.2) is 40.8 Å². The highest BCUT2D eigenvalue weighted by molar-refractivity contribution is 7.99. The molecule has 3 heteroatoms. The van der Waals surface area contributed by atoms with Crippen LogP contribution in [0.1, 0.15) is 46.1 Å². The second kappa shape index (κ2) is 9.67. The fourth-order valence-electron chi connectivity index (χ4n) is 1.85. The van der Waals surface area contributed by atoms with Gasteiger partial charge in [-0.25, -0.2) is 4.79 Å². The predicted octanol–water partition coefficient (Wildman–Crippen LogP) is 5.02. The van der Waals surface area contributed by atoms with Gasteiger partial charge >= 0.3 is 5.97 Å². The lowest BCUT2D eigenvalue weighted by Crippen LogP contribution is -2.00. The summed E-state index contributed by atoms with van der Waals surface area (Å²) in [5, 5.41) is 0.658. The smallest absolute Gasteiger partial charge is 0.330 e. The molecule has 0 spiro atoms. The summed E-state index contributed by atoms with van der Waals surface area (Å²) in [6.07, 6.45) is 4.62. The lowest BCUT2D eigenvalue weighted by atomic mass is 10.1. The van der Waals surface area contributed by atoms with Crippen LogP contribution in [-0.2, 0) is 16.0 Å². The first-order valence-corrected chi connectivity index (χ1v) is 8.52. The first kappa shape index (κ1) is 17.8. The molecule has 0 aromatic heterocycles. The molecule has 1 atom stereocenters. The molecule has 0 fully saturated rings. The van der Waals surface area contributed by atoms with Crippen molar-refractivity contribution in [2.75, 3.05) is 6.61 Å². The molecule has 1 aromatic rings. The Kier molecular flexibility index (Phi) is 8.21. The van der Waals surface area contributed by atoms with E-state index in [1.54, 1.807) is 6.08 Å². The normalized spacial score (nSPS) is 13.0. The minimum atomic E-state index is -0.240. The highest BCUT2D eigenvalue weighted by Gasteiger charge is 2.03. The summed E-state index contributed by atoms with van der Waals surface area (Å²) < 4.78 is 4.91. The van der Waals surface area contributed by atoms with Crippen LogP contribution >= 0.6 is 11.8 Å². The number of thioether (sulfide) groups is 1. The van der Waals surface area contributed by atoms with Gasteiger partial charge in [-0.1, -0.05) is 31.6 Å². The van der Waals surface area contributed by atoms with Gasteiger partial charge in [0.25, 0.3) is 0 Å². The Morgan fingerprint density at radius 1 is 1.29 bits per heavy atom. The van der Waals surface area contributed by atoms with Gasteiger partial charge in [-0.3, -0.25) is 0 Å². The highest BCUT2D eigenvalue weighted by Crippen LogP contribution is 2.25. The average molecular weight is 306 g/mol. The highest BCUT2D eigenvalue weighted by atomic mass is 32.2. The number of hydrogen-bond donors (Lipinski definition) is 0. The summed E-state index contributed by atoms with van der Waals surface area (Å²) in [6, 6.07) is 8.75. The fraction of sp³-hybridized carbons (Fsp3) is 0.500. The first-order chi connectivity index (χ1) is 10.0. The molecule has 1 aromatic carbocycles. The molecule has 1 rings (SSSR count). The number of ether oxygens (including phenoxy) is 1. The number of allylic oxidation sites excluding steroid dienone is 1. The predicted molar refractivity (Wildman–Crippen MR) is 90.8 cm³/mol. The molecule has 0 aliphatic carbocycles. The van der Waals surface area contributed by atoms with Crippen LogP contribution in [0, 0.1) is 0 Å². The zero-order chi connectivity index (χ0) is 15.7. The van der Waals surface area contributed by atoms with Crippen LogP contribution < -0.4 is 0 Å². The molecule has 0 saturated heterocycles. The molecule has 0 saturated carbocycles. The van der Waals surface area contributed by atoms with Crippen molar-refractivity contribution in [3.05, 3.63) is 41.5 Å². The van der Waals surface area contributed by atoms with Gasteiger partial charge in [-0.2, -0.15) is 0 Å². The van der Waals surface area contributed by atoms with E-state index < -0.39 is 0 Å². The molecule has 0 aliphatic heterocycles. The summed E-state index contributed by atoms with van der Waals surface area (Å²) in [5.41, 5.74) is 2.37. The maximum absolute atomic E-state index is 11.3. The number of carbonyl (C=O) groups excluding carboxylic acids is 1. The maximum Gasteiger partial charge on any atom is 0.330 e. The summed E-state index contributed by atoms with van der Waals surface area (Å²) in [5.74, 6) is -0.240. The third-order valence-corrected chi connectivity index (χ3v) is 4.57. The van der Waals surface area contributed by atoms with Gasteiger partial charge in [0, 0.05) is 16.2 Å². The van der Waals surface area contributed by atoms with Crippen molar-refractivity contribution >= 4 is 17.7 Å². The molecule has 0 bridgehead atoms. The molecule has 0 radical (unpaired) electrons. The molecule has 2 nitrogen and oxygen atoms in total. The lowest BCUT2D eigenvalue weighted by Gasteiger charge is -2.09. The molecule has 21 heavy (non-hydrogen) atoms.